The Morgan fingerprint density at radius 3 is 2.33 bits per heavy atom. The minimum absolute atomic E-state index is 0.0854. The van der Waals surface area contributed by atoms with Crippen LogP contribution in [0.5, 0.6) is 5.75 Å². The molecule has 0 bridgehead atoms. The molecule has 1 aliphatic carbocycles. The molecule has 0 aromatic heterocycles. The van der Waals surface area contributed by atoms with E-state index in [1.165, 1.54) is 0 Å². The molecule has 1 aromatic rings. The van der Waals surface area contributed by atoms with Gasteiger partial charge in [-0.25, -0.2) is 0 Å². The summed E-state index contributed by atoms with van der Waals surface area (Å²) < 4.78 is 5.10. The third kappa shape index (κ3) is 4.78. The summed E-state index contributed by atoms with van der Waals surface area (Å²) in [5.41, 5.74) is 6.29. The van der Waals surface area contributed by atoms with Gasteiger partial charge in [0.25, 0.3) is 5.91 Å². The van der Waals surface area contributed by atoms with E-state index in [0.717, 1.165) is 51.1 Å². The number of nitrogens with two attached hydrogens (primary N) is 1. The molecule has 2 fully saturated rings. The molecule has 7 heteroatoms. The van der Waals surface area contributed by atoms with Crippen LogP contribution < -0.4 is 15.8 Å². The molecule has 1 heterocycles. The van der Waals surface area contributed by atoms with E-state index >= 15 is 0 Å². The lowest BCUT2D eigenvalue weighted by Gasteiger charge is -2.38. The Bertz CT molecular complexity index is 648. The monoisotopic (exact) mass is 374 g/mol. The largest absolute Gasteiger partial charge is 0.497 e. The minimum atomic E-state index is -0.630. The first-order valence-electron chi connectivity index (χ1n) is 9.75. The first kappa shape index (κ1) is 19.6. The van der Waals surface area contributed by atoms with Gasteiger partial charge in [0.2, 0.25) is 5.91 Å². The van der Waals surface area contributed by atoms with Crippen molar-refractivity contribution in [3.8, 4) is 5.75 Å². The molecule has 0 unspecified atom stereocenters. The van der Waals surface area contributed by atoms with Crippen LogP contribution >= 0.6 is 0 Å². The number of methoxy groups -OCH3 is 1. The number of carbonyl (C=O) groups is 2. The van der Waals surface area contributed by atoms with Gasteiger partial charge in [-0.2, -0.15) is 0 Å². The van der Waals surface area contributed by atoms with E-state index in [2.05, 4.69) is 10.2 Å². The molecule has 148 valence electrons. The molecule has 1 aromatic carbocycles. The number of nitrogens with zero attached hydrogens (tertiary/aromatic N) is 2. The van der Waals surface area contributed by atoms with Crippen molar-refractivity contribution >= 4 is 11.8 Å². The van der Waals surface area contributed by atoms with E-state index in [1.807, 2.05) is 4.90 Å². The molecule has 1 aliphatic heterocycles. The van der Waals surface area contributed by atoms with E-state index in [9.17, 15) is 9.59 Å². The quantitative estimate of drug-likeness (QED) is 0.770. The van der Waals surface area contributed by atoms with Gasteiger partial charge >= 0.3 is 0 Å². The minimum Gasteiger partial charge on any atom is -0.497 e. The van der Waals surface area contributed by atoms with Crippen LogP contribution in [-0.2, 0) is 4.79 Å². The highest BCUT2D eigenvalue weighted by Crippen LogP contribution is 2.29. The van der Waals surface area contributed by atoms with Gasteiger partial charge < -0.3 is 20.7 Å². The highest BCUT2D eigenvalue weighted by atomic mass is 16.5. The molecule has 0 radical (unpaired) electrons. The Balaban J connectivity index is 1.38. The molecule has 7 nitrogen and oxygen atoms in total. The van der Waals surface area contributed by atoms with Gasteiger partial charge in [0, 0.05) is 44.8 Å². The summed E-state index contributed by atoms with van der Waals surface area (Å²) >= 11 is 0. The number of carbonyl (C=O) groups excluding carboxylic acids is 2. The van der Waals surface area contributed by atoms with Crippen molar-refractivity contribution in [2.45, 2.75) is 31.2 Å². The molecular formula is C20H30N4O3. The zero-order valence-corrected chi connectivity index (χ0v) is 16.1. The van der Waals surface area contributed by atoms with Crippen LogP contribution in [0.25, 0.3) is 0 Å². The Hall–Kier alpha value is -2.12. The van der Waals surface area contributed by atoms with E-state index in [4.69, 9.17) is 10.5 Å². The van der Waals surface area contributed by atoms with Crippen LogP contribution in [0.15, 0.2) is 24.3 Å². The van der Waals surface area contributed by atoms with Crippen molar-refractivity contribution in [1.29, 1.82) is 0 Å². The maximum absolute atomic E-state index is 12.7. The van der Waals surface area contributed by atoms with Crippen molar-refractivity contribution in [3.05, 3.63) is 29.8 Å². The van der Waals surface area contributed by atoms with E-state index < -0.39 is 5.54 Å². The van der Waals surface area contributed by atoms with Crippen molar-refractivity contribution in [1.82, 2.24) is 15.1 Å². The lowest BCUT2D eigenvalue weighted by molar-refractivity contribution is -0.138. The van der Waals surface area contributed by atoms with Gasteiger partial charge in [-0.15, -0.1) is 0 Å². The first-order valence-corrected chi connectivity index (χ1v) is 9.75. The maximum atomic E-state index is 12.7. The molecule has 27 heavy (non-hydrogen) atoms. The first-order chi connectivity index (χ1) is 13.0. The maximum Gasteiger partial charge on any atom is 0.251 e. The molecular weight excluding hydrogens is 344 g/mol. The fourth-order valence-electron chi connectivity index (χ4n) is 3.88. The third-order valence-electron chi connectivity index (χ3n) is 5.65. The molecule has 2 amide bonds. The molecule has 3 rings (SSSR count). The summed E-state index contributed by atoms with van der Waals surface area (Å²) in [5, 5.41) is 2.95. The van der Waals surface area contributed by atoms with Crippen molar-refractivity contribution in [2.75, 3.05) is 46.4 Å². The van der Waals surface area contributed by atoms with Gasteiger partial charge in [-0.3, -0.25) is 14.5 Å². The van der Waals surface area contributed by atoms with E-state index in [0.29, 0.717) is 25.2 Å². The molecule has 1 saturated heterocycles. The highest BCUT2D eigenvalue weighted by Gasteiger charge is 2.40. The number of piperazine rings is 1. The SMILES string of the molecule is COc1ccc(C(=O)NCCN2CCN(C(=O)C3(N)CCCC3)CC2)cc1. The topological polar surface area (TPSA) is 87.9 Å². The lowest BCUT2D eigenvalue weighted by atomic mass is 9.97. The van der Waals surface area contributed by atoms with Gasteiger partial charge in [0.05, 0.1) is 12.6 Å². The second-order valence-electron chi connectivity index (χ2n) is 7.48. The summed E-state index contributed by atoms with van der Waals surface area (Å²) in [6.45, 7) is 4.42. The molecule has 3 N–H and O–H groups in total. The Labute approximate surface area is 160 Å². The Morgan fingerprint density at radius 2 is 1.74 bits per heavy atom. The highest BCUT2D eigenvalue weighted by molar-refractivity contribution is 5.94. The Morgan fingerprint density at radius 1 is 1.11 bits per heavy atom. The van der Waals surface area contributed by atoms with Crippen LogP contribution in [0.2, 0.25) is 0 Å². The predicted octanol–water partition coefficient (Wildman–Crippen LogP) is 0.841. The zero-order chi connectivity index (χ0) is 19.3. The molecule has 0 atom stereocenters. The van der Waals surface area contributed by atoms with E-state index in [-0.39, 0.29) is 11.8 Å². The second kappa shape index (κ2) is 8.71. The van der Waals surface area contributed by atoms with Gasteiger partial charge in [-0.1, -0.05) is 12.8 Å². The number of ether oxygens (including phenoxy) is 1. The van der Waals surface area contributed by atoms with E-state index in [1.54, 1.807) is 31.4 Å². The van der Waals surface area contributed by atoms with Gasteiger partial charge in [0.15, 0.2) is 0 Å². The van der Waals surface area contributed by atoms with Crippen molar-refractivity contribution in [3.63, 3.8) is 0 Å². The number of rotatable bonds is 6. The second-order valence-corrected chi connectivity index (χ2v) is 7.48. The van der Waals surface area contributed by atoms with Crippen LogP contribution in [0.4, 0.5) is 0 Å². The summed E-state index contributed by atoms with van der Waals surface area (Å²) in [4.78, 5) is 29.0. The Kier molecular flexibility index (Phi) is 6.34. The number of hydrogen-bond donors (Lipinski definition) is 2. The van der Waals surface area contributed by atoms with Crippen LogP contribution in [0.3, 0.4) is 0 Å². The summed E-state index contributed by atoms with van der Waals surface area (Å²) in [6, 6.07) is 7.06. The average Bonchev–Trinajstić information content (AvgIpc) is 3.15. The van der Waals surface area contributed by atoms with Crippen LogP contribution in [0.1, 0.15) is 36.0 Å². The fourth-order valence-corrected chi connectivity index (χ4v) is 3.88. The van der Waals surface area contributed by atoms with Crippen LogP contribution in [0, 0.1) is 0 Å². The average molecular weight is 374 g/mol. The molecule has 1 saturated carbocycles. The lowest BCUT2D eigenvalue weighted by Crippen LogP contribution is -2.58. The standard InChI is InChI=1S/C20H30N4O3/c1-27-17-6-4-16(5-7-17)18(25)22-10-11-23-12-14-24(15-13-23)19(26)20(21)8-2-3-9-20/h4-7H,2-3,8-15,21H2,1H3,(H,22,25). The number of benzene rings is 1. The summed E-state index contributed by atoms with van der Waals surface area (Å²) in [6.07, 6.45) is 3.72. The van der Waals surface area contributed by atoms with Gasteiger partial charge in [0.1, 0.15) is 5.75 Å². The van der Waals surface area contributed by atoms with Gasteiger partial charge in [-0.05, 0) is 37.1 Å². The normalized spacial score (nSPS) is 19.7. The summed E-state index contributed by atoms with van der Waals surface area (Å²) in [5.74, 6) is 0.765. The number of amides is 2. The van der Waals surface area contributed by atoms with Crippen molar-refractivity contribution < 1.29 is 14.3 Å². The smallest absolute Gasteiger partial charge is 0.251 e. The predicted molar refractivity (Wildman–Crippen MR) is 104 cm³/mol. The molecule has 0 spiro atoms. The summed E-state index contributed by atoms with van der Waals surface area (Å²) in [7, 11) is 1.60. The van der Waals surface area contributed by atoms with Crippen molar-refractivity contribution in [2.24, 2.45) is 5.73 Å². The zero-order valence-electron chi connectivity index (χ0n) is 16.1. The number of nitrogens with one attached hydrogen (secondary N) is 1. The fraction of sp³-hybridized carbons (Fsp3) is 0.600. The third-order valence-corrected chi connectivity index (χ3v) is 5.65. The molecule has 2 aliphatic rings. The van der Waals surface area contributed by atoms with Crippen LogP contribution in [-0.4, -0.2) is 73.5 Å². The number of hydrogen-bond acceptors (Lipinski definition) is 5.